The Morgan fingerprint density at radius 2 is 0.805 bits per heavy atom. The van der Waals surface area contributed by atoms with Crippen LogP contribution in [0.3, 0.4) is 0 Å². The zero-order valence-electron chi connectivity index (χ0n) is 21.9. The average Bonchev–Trinajstić information content (AvgIpc) is 3.57. The summed E-state index contributed by atoms with van der Waals surface area (Å²) in [6.07, 6.45) is 3.57. The molecule has 4 aromatic heterocycles. The van der Waals surface area contributed by atoms with E-state index >= 15 is 0 Å². The minimum Gasteiger partial charge on any atom is -0.416 e. The van der Waals surface area contributed by atoms with Crippen LogP contribution in [0.4, 0.5) is 0 Å². The summed E-state index contributed by atoms with van der Waals surface area (Å²) in [5, 5.41) is 8.44. The van der Waals surface area contributed by atoms with Crippen molar-refractivity contribution in [3.8, 4) is 67.9 Å². The van der Waals surface area contributed by atoms with Gasteiger partial charge in [0.15, 0.2) is 0 Å². The van der Waals surface area contributed by atoms with Crippen molar-refractivity contribution in [3.05, 3.63) is 140 Å². The Kier molecular flexibility index (Phi) is 6.39. The van der Waals surface area contributed by atoms with Gasteiger partial charge in [-0.25, -0.2) is 4.98 Å². The molecule has 0 bridgehead atoms. The normalized spacial score (nSPS) is 10.9. The molecule has 0 unspecified atom stereocenters. The van der Waals surface area contributed by atoms with Crippen molar-refractivity contribution in [1.29, 1.82) is 0 Å². The summed E-state index contributed by atoms with van der Waals surface area (Å²) in [6.45, 7) is 0. The second kappa shape index (κ2) is 10.8. The van der Waals surface area contributed by atoms with Gasteiger partial charge in [-0.2, -0.15) is 0 Å². The van der Waals surface area contributed by atoms with Crippen LogP contribution in [0.1, 0.15) is 0 Å². The van der Waals surface area contributed by atoms with Crippen molar-refractivity contribution < 1.29 is 4.42 Å². The minimum absolute atomic E-state index is 0.496. The van der Waals surface area contributed by atoms with Crippen molar-refractivity contribution in [2.75, 3.05) is 0 Å². The Bertz CT molecular complexity index is 1840. The van der Waals surface area contributed by atoms with Gasteiger partial charge in [0.05, 0.1) is 22.8 Å². The number of pyridine rings is 3. The second-order valence-corrected chi connectivity index (χ2v) is 9.49. The zero-order chi connectivity index (χ0) is 27.4. The predicted octanol–water partition coefficient (Wildman–Crippen LogP) is 8.26. The molecule has 194 valence electrons. The molecule has 41 heavy (non-hydrogen) atoms. The third-order valence-electron chi connectivity index (χ3n) is 6.81. The molecule has 3 aromatic carbocycles. The predicted molar refractivity (Wildman–Crippen MR) is 160 cm³/mol. The van der Waals surface area contributed by atoms with Crippen molar-refractivity contribution in [1.82, 2.24) is 25.1 Å². The Labute approximate surface area is 237 Å². The Balaban J connectivity index is 1.17. The van der Waals surface area contributed by atoms with Gasteiger partial charge in [0, 0.05) is 23.5 Å². The maximum atomic E-state index is 5.91. The van der Waals surface area contributed by atoms with Crippen LogP contribution < -0.4 is 0 Å². The molecule has 6 nitrogen and oxygen atoms in total. The summed E-state index contributed by atoms with van der Waals surface area (Å²) in [5.41, 5.74) is 9.37. The standard InChI is InChI=1S/C35H23N5O/c1-2-8-27(9-3-1)34-39-40-35(41-34)28-18-16-25(17-19-28)24-12-14-26(15-13-24)29-22-32(30-10-4-6-20-36-30)38-33(23-29)31-11-5-7-21-37-31/h1-23H. The van der Waals surface area contributed by atoms with E-state index in [-0.39, 0.29) is 0 Å². The van der Waals surface area contributed by atoms with E-state index in [9.17, 15) is 0 Å². The molecule has 0 aliphatic rings. The summed E-state index contributed by atoms with van der Waals surface area (Å²) in [6, 6.07) is 42.3. The molecule has 0 amide bonds. The fourth-order valence-electron chi connectivity index (χ4n) is 4.69. The lowest BCUT2D eigenvalue weighted by Crippen LogP contribution is -1.93. The van der Waals surface area contributed by atoms with Crippen LogP contribution in [0.2, 0.25) is 0 Å². The van der Waals surface area contributed by atoms with E-state index in [0.29, 0.717) is 11.8 Å². The van der Waals surface area contributed by atoms with E-state index in [0.717, 1.165) is 56.2 Å². The van der Waals surface area contributed by atoms with E-state index < -0.39 is 0 Å². The molecule has 7 rings (SSSR count). The fraction of sp³-hybridized carbons (Fsp3) is 0. The average molecular weight is 530 g/mol. The summed E-state index contributed by atoms with van der Waals surface area (Å²) in [7, 11) is 0. The molecule has 0 saturated heterocycles. The van der Waals surface area contributed by atoms with Gasteiger partial charge in [0.1, 0.15) is 0 Å². The van der Waals surface area contributed by atoms with Gasteiger partial charge >= 0.3 is 0 Å². The Hall–Kier alpha value is -5.75. The van der Waals surface area contributed by atoms with Gasteiger partial charge in [-0.05, 0) is 82.9 Å². The minimum atomic E-state index is 0.496. The highest BCUT2D eigenvalue weighted by Gasteiger charge is 2.12. The first-order valence-corrected chi connectivity index (χ1v) is 13.3. The molecular weight excluding hydrogens is 506 g/mol. The molecule has 0 spiro atoms. The smallest absolute Gasteiger partial charge is 0.248 e. The van der Waals surface area contributed by atoms with Crippen LogP contribution in [0.5, 0.6) is 0 Å². The summed E-state index contributed by atoms with van der Waals surface area (Å²) < 4.78 is 5.91. The van der Waals surface area contributed by atoms with Gasteiger partial charge in [-0.1, -0.05) is 66.7 Å². The quantitative estimate of drug-likeness (QED) is 0.216. The lowest BCUT2D eigenvalue weighted by Gasteiger charge is -2.10. The second-order valence-electron chi connectivity index (χ2n) is 9.49. The fourth-order valence-corrected chi connectivity index (χ4v) is 4.69. The SMILES string of the molecule is c1ccc(-c2nnc(-c3ccc(-c4ccc(-c5cc(-c6ccccn6)nc(-c6ccccn6)c5)cc4)cc3)o2)cc1. The zero-order valence-corrected chi connectivity index (χ0v) is 21.9. The topological polar surface area (TPSA) is 77.6 Å². The summed E-state index contributed by atoms with van der Waals surface area (Å²) >= 11 is 0. The molecule has 0 atom stereocenters. The molecule has 0 fully saturated rings. The third kappa shape index (κ3) is 5.14. The molecule has 4 heterocycles. The largest absolute Gasteiger partial charge is 0.416 e. The maximum Gasteiger partial charge on any atom is 0.248 e. The number of nitrogens with zero attached hydrogens (tertiary/aromatic N) is 5. The lowest BCUT2D eigenvalue weighted by molar-refractivity contribution is 0.584. The van der Waals surface area contributed by atoms with Gasteiger partial charge in [0.2, 0.25) is 11.8 Å². The first-order chi connectivity index (χ1) is 20.3. The monoisotopic (exact) mass is 529 g/mol. The summed E-state index contributed by atoms with van der Waals surface area (Å²) in [4.78, 5) is 13.9. The van der Waals surface area contributed by atoms with E-state index in [1.54, 1.807) is 12.4 Å². The van der Waals surface area contributed by atoms with Crippen molar-refractivity contribution in [2.45, 2.75) is 0 Å². The number of hydrogen-bond donors (Lipinski definition) is 0. The van der Waals surface area contributed by atoms with Crippen molar-refractivity contribution >= 4 is 0 Å². The van der Waals surface area contributed by atoms with Crippen molar-refractivity contribution in [3.63, 3.8) is 0 Å². The first-order valence-electron chi connectivity index (χ1n) is 13.3. The molecular formula is C35H23N5O. The first kappa shape index (κ1) is 24.3. The molecule has 0 N–H and O–H groups in total. The summed E-state index contributed by atoms with van der Waals surface area (Å²) in [5.74, 6) is 1.00. The van der Waals surface area contributed by atoms with Crippen LogP contribution in [0.15, 0.2) is 144 Å². The highest BCUT2D eigenvalue weighted by Crippen LogP contribution is 2.31. The molecule has 7 aromatic rings. The lowest BCUT2D eigenvalue weighted by atomic mass is 9.98. The molecule has 0 aliphatic heterocycles. The van der Waals surface area contributed by atoms with E-state index in [4.69, 9.17) is 9.40 Å². The number of benzene rings is 3. The molecule has 0 saturated carbocycles. The Morgan fingerprint density at radius 3 is 1.29 bits per heavy atom. The molecule has 0 aliphatic carbocycles. The third-order valence-corrected chi connectivity index (χ3v) is 6.81. The Morgan fingerprint density at radius 1 is 0.366 bits per heavy atom. The van der Waals surface area contributed by atoms with E-state index in [1.165, 1.54) is 0 Å². The van der Waals surface area contributed by atoms with Crippen molar-refractivity contribution in [2.24, 2.45) is 0 Å². The maximum absolute atomic E-state index is 5.91. The number of hydrogen-bond acceptors (Lipinski definition) is 6. The van der Waals surface area contributed by atoms with Crippen LogP contribution in [0.25, 0.3) is 67.9 Å². The van der Waals surface area contributed by atoms with Crippen LogP contribution in [0, 0.1) is 0 Å². The van der Waals surface area contributed by atoms with Gasteiger partial charge in [-0.15, -0.1) is 10.2 Å². The highest BCUT2D eigenvalue weighted by atomic mass is 16.4. The number of rotatable bonds is 6. The van der Waals surface area contributed by atoms with Crippen LogP contribution in [-0.2, 0) is 0 Å². The van der Waals surface area contributed by atoms with E-state index in [2.05, 4.69) is 68.7 Å². The van der Waals surface area contributed by atoms with Crippen LogP contribution >= 0.6 is 0 Å². The van der Waals surface area contributed by atoms with E-state index in [1.807, 2.05) is 78.9 Å². The number of aromatic nitrogens is 5. The molecule has 0 radical (unpaired) electrons. The van der Waals surface area contributed by atoms with Gasteiger partial charge in [-0.3, -0.25) is 9.97 Å². The van der Waals surface area contributed by atoms with Crippen LogP contribution in [-0.4, -0.2) is 25.1 Å². The van der Waals surface area contributed by atoms with Gasteiger partial charge < -0.3 is 4.42 Å². The van der Waals surface area contributed by atoms with Gasteiger partial charge in [0.25, 0.3) is 0 Å². The molecule has 6 heteroatoms. The highest BCUT2D eigenvalue weighted by molar-refractivity contribution is 5.77.